The first-order chi connectivity index (χ1) is 11.8. The van der Waals surface area contributed by atoms with Crippen LogP contribution in [0, 0.1) is 12.7 Å². The molecule has 2 aromatic rings. The number of pyridine rings is 1. The molecule has 0 aromatic carbocycles. The second-order valence-electron chi connectivity index (χ2n) is 5.89. The number of rotatable bonds is 3. The number of piperazine rings is 1. The second kappa shape index (κ2) is 6.91. The summed E-state index contributed by atoms with van der Waals surface area (Å²) in [6.45, 7) is 4.12. The molecule has 0 atom stereocenters. The summed E-state index contributed by atoms with van der Waals surface area (Å²) < 4.78 is 52.4. The molecule has 0 N–H and O–H groups in total. The number of anilines is 1. The molecule has 1 saturated heterocycles. The summed E-state index contributed by atoms with van der Waals surface area (Å²) in [4.78, 5) is 15.1. The van der Waals surface area contributed by atoms with Gasteiger partial charge >= 0.3 is 6.18 Å². The van der Waals surface area contributed by atoms with Crippen LogP contribution in [0.2, 0.25) is 0 Å². The van der Waals surface area contributed by atoms with E-state index < -0.39 is 11.9 Å². The molecule has 0 saturated carbocycles. The molecule has 1 aliphatic heterocycles. The Hall–Kier alpha value is -2.29. The number of alkyl halides is 3. The first-order valence-corrected chi connectivity index (χ1v) is 7.81. The first-order valence-electron chi connectivity index (χ1n) is 7.81. The van der Waals surface area contributed by atoms with E-state index in [0.29, 0.717) is 38.3 Å². The summed E-state index contributed by atoms with van der Waals surface area (Å²) in [6.07, 6.45) is -1.78. The van der Waals surface area contributed by atoms with E-state index in [1.165, 1.54) is 19.3 Å². The van der Waals surface area contributed by atoms with E-state index in [1.807, 2.05) is 4.90 Å². The minimum atomic E-state index is -4.50. The maximum Gasteiger partial charge on any atom is 0.433 e. The zero-order valence-electron chi connectivity index (χ0n) is 13.6. The minimum Gasteiger partial charge on any atom is -0.354 e. The number of hydrogen-bond acceptors (Lipinski definition) is 5. The van der Waals surface area contributed by atoms with Crippen LogP contribution < -0.4 is 4.90 Å². The van der Waals surface area contributed by atoms with Gasteiger partial charge in [-0.15, -0.1) is 0 Å². The predicted molar refractivity (Wildman–Crippen MR) is 83.5 cm³/mol. The third kappa shape index (κ3) is 4.22. The van der Waals surface area contributed by atoms with E-state index in [1.54, 1.807) is 11.0 Å². The Balaban J connectivity index is 1.66. The van der Waals surface area contributed by atoms with Gasteiger partial charge in [-0.1, -0.05) is 0 Å². The van der Waals surface area contributed by atoms with Crippen molar-refractivity contribution in [1.82, 2.24) is 19.9 Å². The molecule has 5 nitrogen and oxygen atoms in total. The zero-order valence-corrected chi connectivity index (χ0v) is 13.6. The Bertz CT molecular complexity index is 742. The lowest BCUT2D eigenvalue weighted by Crippen LogP contribution is -2.46. The minimum absolute atomic E-state index is 0.0890. The van der Waals surface area contributed by atoms with Gasteiger partial charge in [0, 0.05) is 50.6 Å². The summed E-state index contributed by atoms with van der Waals surface area (Å²) in [5.41, 5.74) is -0.378. The maximum absolute atomic E-state index is 13.7. The van der Waals surface area contributed by atoms with Crippen molar-refractivity contribution in [1.29, 1.82) is 0 Å². The van der Waals surface area contributed by atoms with Crippen LogP contribution in [0.25, 0.3) is 0 Å². The van der Waals surface area contributed by atoms with Gasteiger partial charge in [0.25, 0.3) is 0 Å². The van der Waals surface area contributed by atoms with Gasteiger partial charge in [-0.05, 0) is 13.0 Å². The van der Waals surface area contributed by atoms with Crippen LogP contribution in [0.1, 0.15) is 17.1 Å². The van der Waals surface area contributed by atoms with E-state index in [9.17, 15) is 17.6 Å². The monoisotopic (exact) mass is 355 g/mol. The summed E-state index contributed by atoms with van der Waals surface area (Å²) >= 11 is 0. The fourth-order valence-electron chi connectivity index (χ4n) is 2.77. The normalized spacial score (nSPS) is 16.3. The van der Waals surface area contributed by atoms with Crippen LogP contribution in [0.5, 0.6) is 0 Å². The van der Waals surface area contributed by atoms with Gasteiger partial charge in [0.15, 0.2) is 0 Å². The van der Waals surface area contributed by atoms with Crippen LogP contribution in [-0.4, -0.2) is 46.0 Å². The summed E-state index contributed by atoms with van der Waals surface area (Å²) in [5, 5.41) is 0. The van der Waals surface area contributed by atoms with Crippen molar-refractivity contribution < 1.29 is 17.6 Å². The van der Waals surface area contributed by atoms with Gasteiger partial charge in [0.2, 0.25) is 0 Å². The van der Waals surface area contributed by atoms with Crippen LogP contribution in [0.4, 0.5) is 23.4 Å². The molecule has 1 fully saturated rings. The van der Waals surface area contributed by atoms with Gasteiger partial charge in [-0.2, -0.15) is 13.2 Å². The predicted octanol–water partition coefficient (Wildman–Crippen LogP) is 2.66. The van der Waals surface area contributed by atoms with Crippen LogP contribution in [-0.2, 0) is 12.7 Å². The second-order valence-corrected chi connectivity index (χ2v) is 5.89. The maximum atomic E-state index is 13.7. The van der Waals surface area contributed by atoms with E-state index in [4.69, 9.17) is 0 Å². The fraction of sp³-hybridized carbons (Fsp3) is 0.438. The van der Waals surface area contributed by atoms with Crippen molar-refractivity contribution in [2.75, 3.05) is 31.1 Å². The molecule has 0 amide bonds. The highest BCUT2D eigenvalue weighted by Gasteiger charge is 2.34. The lowest BCUT2D eigenvalue weighted by Gasteiger charge is -2.35. The molecule has 3 heterocycles. The molecule has 0 bridgehead atoms. The highest BCUT2D eigenvalue weighted by molar-refractivity contribution is 5.41. The van der Waals surface area contributed by atoms with E-state index in [0.717, 1.165) is 6.07 Å². The van der Waals surface area contributed by atoms with Crippen molar-refractivity contribution in [3.63, 3.8) is 0 Å². The molecular weight excluding hydrogens is 338 g/mol. The molecule has 1 aliphatic rings. The molecule has 134 valence electrons. The van der Waals surface area contributed by atoms with Gasteiger partial charge in [-0.3, -0.25) is 9.88 Å². The van der Waals surface area contributed by atoms with Crippen molar-refractivity contribution in [3.05, 3.63) is 47.4 Å². The first kappa shape index (κ1) is 17.5. The van der Waals surface area contributed by atoms with Crippen molar-refractivity contribution in [3.8, 4) is 0 Å². The lowest BCUT2D eigenvalue weighted by molar-refractivity contribution is -0.141. The molecule has 0 aliphatic carbocycles. The number of hydrogen-bond donors (Lipinski definition) is 0. The molecule has 3 rings (SSSR count). The molecule has 0 radical (unpaired) electrons. The highest BCUT2D eigenvalue weighted by Crippen LogP contribution is 2.30. The van der Waals surface area contributed by atoms with Crippen molar-refractivity contribution in [2.45, 2.75) is 19.6 Å². The topological polar surface area (TPSA) is 45.2 Å². The van der Waals surface area contributed by atoms with Crippen molar-refractivity contribution >= 4 is 5.82 Å². The standard InChI is InChI=1S/C16H17F4N5/c1-11-22-14(16(18,19)20)8-15(23-11)25-6-4-24(5-7-25)10-12-2-3-21-9-13(12)17/h2-3,8-9H,4-7,10H2,1H3. The third-order valence-corrected chi connectivity index (χ3v) is 4.06. The Morgan fingerprint density at radius 2 is 1.84 bits per heavy atom. The van der Waals surface area contributed by atoms with Gasteiger partial charge in [-0.25, -0.2) is 14.4 Å². The number of aromatic nitrogens is 3. The van der Waals surface area contributed by atoms with E-state index in [-0.39, 0.29) is 17.5 Å². The molecule has 0 spiro atoms. The molecule has 25 heavy (non-hydrogen) atoms. The van der Waals surface area contributed by atoms with Crippen LogP contribution >= 0.6 is 0 Å². The Morgan fingerprint density at radius 3 is 2.48 bits per heavy atom. The largest absolute Gasteiger partial charge is 0.433 e. The number of nitrogens with zero attached hydrogens (tertiary/aromatic N) is 5. The van der Waals surface area contributed by atoms with E-state index >= 15 is 0 Å². The highest BCUT2D eigenvalue weighted by atomic mass is 19.4. The number of halogens is 4. The molecule has 2 aromatic heterocycles. The Kier molecular flexibility index (Phi) is 4.85. The number of aryl methyl sites for hydroxylation is 1. The Labute approximate surface area is 142 Å². The smallest absolute Gasteiger partial charge is 0.354 e. The van der Waals surface area contributed by atoms with Gasteiger partial charge in [0.1, 0.15) is 23.2 Å². The van der Waals surface area contributed by atoms with Crippen LogP contribution in [0.15, 0.2) is 24.5 Å². The Morgan fingerprint density at radius 1 is 1.12 bits per heavy atom. The zero-order chi connectivity index (χ0) is 18.0. The summed E-state index contributed by atoms with van der Waals surface area (Å²) in [7, 11) is 0. The van der Waals surface area contributed by atoms with Crippen molar-refractivity contribution in [2.24, 2.45) is 0 Å². The fourth-order valence-corrected chi connectivity index (χ4v) is 2.77. The molecule has 9 heteroatoms. The quantitative estimate of drug-likeness (QED) is 0.792. The average molecular weight is 355 g/mol. The summed E-state index contributed by atoms with van der Waals surface area (Å²) in [6, 6.07) is 2.61. The van der Waals surface area contributed by atoms with Gasteiger partial charge in [0.05, 0.1) is 6.20 Å². The SMILES string of the molecule is Cc1nc(N2CCN(Cc3ccncc3F)CC2)cc(C(F)(F)F)n1. The third-order valence-electron chi connectivity index (χ3n) is 4.06. The average Bonchev–Trinajstić information content (AvgIpc) is 2.56. The molecular formula is C16H17F4N5. The summed E-state index contributed by atoms with van der Waals surface area (Å²) in [5.74, 6) is 0.00634. The van der Waals surface area contributed by atoms with Crippen LogP contribution in [0.3, 0.4) is 0 Å². The van der Waals surface area contributed by atoms with Gasteiger partial charge < -0.3 is 4.90 Å². The lowest BCUT2D eigenvalue weighted by atomic mass is 10.2. The molecule has 0 unspecified atom stereocenters. The van der Waals surface area contributed by atoms with E-state index in [2.05, 4.69) is 15.0 Å².